The number of pyridine rings is 1. The fraction of sp³-hybridized carbons (Fsp3) is 0.263. The number of likely N-dealkylation sites (tertiary alicyclic amines) is 1. The van der Waals surface area contributed by atoms with Gasteiger partial charge in [0.05, 0.1) is 0 Å². The Morgan fingerprint density at radius 2 is 1.79 bits per heavy atom. The first-order valence-corrected chi connectivity index (χ1v) is 8.94. The highest BCUT2D eigenvalue weighted by Crippen LogP contribution is 2.17. The molecule has 1 fully saturated rings. The van der Waals surface area contributed by atoms with Gasteiger partial charge in [0, 0.05) is 50.7 Å². The predicted molar refractivity (Wildman–Crippen MR) is 99.7 cm³/mol. The lowest BCUT2D eigenvalue weighted by molar-refractivity contribution is 0.0576. The molecule has 0 saturated carbocycles. The van der Waals surface area contributed by atoms with Crippen molar-refractivity contribution in [1.29, 1.82) is 0 Å². The first-order valence-electron chi connectivity index (χ1n) is 8.94. The first kappa shape index (κ1) is 17.8. The third-order valence-corrected chi connectivity index (χ3v) is 4.48. The van der Waals surface area contributed by atoms with Crippen LogP contribution in [0.2, 0.25) is 0 Å². The Hall–Kier alpha value is -3.62. The average molecular weight is 378 g/mol. The van der Waals surface area contributed by atoms with E-state index in [0.29, 0.717) is 43.5 Å². The Morgan fingerprint density at radius 3 is 2.46 bits per heavy atom. The maximum atomic E-state index is 12.7. The smallest absolute Gasteiger partial charge is 0.316 e. The molecule has 0 radical (unpaired) electrons. The summed E-state index contributed by atoms with van der Waals surface area (Å²) in [7, 11) is 0. The molecule has 0 aliphatic carbocycles. The number of nitrogens with zero attached hydrogens (tertiary/aromatic N) is 5. The van der Waals surface area contributed by atoms with Crippen molar-refractivity contribution in [3.8, 4) is 17.5 Å². The van der Waals surface area contributed by atoms with Crippen LogP contribution in [0.5, 0.6) is 6.01 Å². The van der Waals surface area contributed by atoms with Gasteiger partial charge in [-0.2, -0.15) is 0 Å². The van der Waals surface area contributed by atoms with E-state index in [9.17, 15) is 9.59 Å². The molecule has 0 unspecified atom stereocenters. The van der Waals surface area contributed by atoms with Crippen molar-refractivity contribution in [3.63, 3.8) is 0 Å². The molecule has 1 aliphatic heterocycles. The van der Waals surface area contributed by atoms with Gasteiger partial charge in [-0.1, -0.05) is 6.07 Å². The lowest BCUT2D eigenvalue weighted by Gasteiger charge is -2.31. The second-order valence-electron chi connectivity index (χ2n) is 6.33. The first-order chi connectivity index (χ1) is 13.7. The number of amides is 1. The molecule has 3 aromatic heterocycles. The van der Waals surface area contributed by atoms with E-state index in [0.717, 1.165) is 0 Å². The summed E-state index contributed by atoms with van der Waals surface area (Å²) in [6.07, 6.45) is 7.38. The Balaban J connectivity index is 1.41. The lowest BCUT2D eigenvalue weighted by atomic mass is 10.1. The van der Waals surface area contributed by atoms with Crippen molar-refractivity contribution in [3.05, 3.63) is 65.0 Å². The number of rotatable bonds is 4. The number of hydrogen-bond acceptors (Lipinski definition) is 7. The Bertz CT molecular complexity index is 1000. The van der Waals surface area contributed by atoms with Gasteiger partial charge in [-0.05, 0) is 18.2 Å². The van der Waals surface area contributed by atoms with Crippen LogP contribution in [0, 0.1) is 0 Å². The molecule has 1 amide bonds. The topological polar surface area (TPSA) is 114 Å². The van der Waals surface area contributed by atoms with Gasteiger partial charge in [0.25, 0.3) is 11.5 Å². The zero-order valence-electron chi connectivity index (χ0n) is 15.0. The molecule has 1 aliphatic rings. The van der Waals surface area contributed by atoms with Crippen LogP contribution >= 0.6 is 0 Å². The van der Waals surface area contributed by atoms with Crippen LogP contribution in [0.15, 0.2) is 53.8 Å². The number of ether oxygens (including phenoxy) is 1. The number of nitrogens with one attached hydrogen (secondary N) is 1. The van der Waals surface area contributed by atoms with E-state index >= 15 is 0 Å². The largest absolute Gasteiger partial charge is 0.460 e. The van der Waals surface area contributed by atoms with Crippen LogP contribution < -0.4 is 10.3 Å². The fourth-order valence-corrected chi connectivity index (χ4v) is 3.02. The average Bonchev–Trinajstić information content (AvgIpc) is 2.75. The minimum absolute atomic E-state index is 0.0189. The van der Waals surface area contributed by atoms with Crippen molar-refractivity contribution in [2.75, 3.05) is 13.1 Å². The molecule has 1 N–H and O–H groups in total. The van der Waals surface area contributed by atoms with Crippen molar-refractivity contribution < 1.29 is 9.53 Å². The summed E-state index contributed by atoms with van der Waals surface area (Å²) in [5.41, 5.74) is 0.0850. The summed E-state index contributed by atoms with van der Waals surface area (Å²) < 4.78 is 5.73. The van der Waals surface area contributed by atoms with E-state index in [1.165, 1.54) is 6.20 Å². The standard InChI is InChI=1S/C19H18N6O3/c26-17-14(12-23-16(24-17)15-4-1-2-7-20-15)18(27)25-10-5-13(6-11-25)28-19-21-8-3-9-22-19/h1-4,7-9,12-13H,5-6,10-11H2,(H,23,24,26). The van der Waals surface area contributed by atoms with Gasteiger partial charge < -0.3 is 14.6 Å². The van der Waals surface area contributed by atoms with Gasteiger partial charge in [-0.3, -0.25) is 14.6 Å². The quantitative estimate of drug-likeness (QED) is 0.728. The van der Waals surface area contributed by atoms with Crippen molar-refractivity contribution >= 4 is 5.91 Å². The SMILES string of the molecule is O=C(c1cnc(-c2ccccn2)[nH]c1=O)N1CCC(Oc2ncccn2)CC1. The third kappa shape index (κ3) is 3.88. The van der Waals surface area contributed by atoms with Crippen LogP contribution in [-0.4, -0.2) is 54.9 Å². The van der Waals surface area contributed by atoms with Gasteiger partial charge >= 0.3 is 6.01 Å². The highest BCUT2D eigenvalue weighted by Gasteiger charge is 2.27. The number of carbonyl (C=O) groups is 1. The maximum Gasteiger partial charge on any atom is 0.316 e. The minimum Gasteiger partial charge on any atom is -0.460 e. The van der Waals surface area contributed by atoms with Crippen LogP contribution in [0.25, 0.3) is 11.5 Å². The molecule has 9 nitrogen and oxygen atoms in total. The highest BCUT2D eigenvalue weighted by molar-refractivity contribution is 5.93. The van der Waals surface area contributed by atoms with E-state index in [1.54, 1.807) is 47.8 Å². The number of H-pyrrole nitrogens is 1. The molecule has 4 heterocycles. The summed E-state index contributed by atoms with van der Waals surface area (Å²) in [5.74, 6) is -0.00662. The molecule has 0 spiro atoms. The van der Waals surface area contributed by atoms with Crippen molar-refractivity contribution in [1.82, 2.24) is 29.8 Å². The Labute approximate surface area is 160 Å². The Morgan fingerprint density at radius 1 is 1.04 bits per heavy atom. The number of hydrogen-bond donors (Lipinski definition) is 1. The number of aromatic amines is 1. The molecule has 3 aromatic rings. The minimum atomic E-state index is -0.475. The normalized spacial score (nSPS) is 14.6. The second kappa shape index (κ2) is 7.95. The van der Waals surface area contributed by atoms with E-state index in [4.69, 9.17) is 4.74 Å². The number of carbonyl (C=O) groups excluding carboxylic acids is 1. The van der Waals surface area contributed by atoms with Crippen LogP contribution in [0.4, 0.5) is 0 Å². The molecule has 4 rings (SSSR count). The molecule has 0 aromatic carbocycles. The van der Waals surface area contributed by atoms with Crippen molar-refractivity contribution in [2.24, 2.45) is 0 Å². The van der Waals surface area contributed by atoms with Crippen LogP contribution in [-0.2, 0) is 0 Å². The molecule has 142 valence electrons. The molecule has 0 atom stereocenters. The summed E-state index contributed by atoms with van der Waals surface area (Å²) >= 11 is 0. The zero-order valence-corrected chi connectivity index (χ0v) is 15.0. The van der Waals surface area contributed by atoms with E-state index in [-0.39, 0.29) is 17.6 Å². The second-order valence-corrected chi connectivity index (χ2v) is 6.33. The van der Waals surface area contributed by atoms with Gasteiger partial charge in [0.1, 0.15) is 17.4 Å². The van der Waals surface area contributed by atoms with Gasteiger partial charge in [-0.15, -0.1) is 0 Å². The third-order valence-electron chi connectivity index (χ3n) is 4.48. The van der Waals surface area contributed by atoms with E-state index < -0.39 is 5.56 Å². The number of aromatic nitrogens is 5. The summed E-state index contributed by atoms with van der Waals surface area (Å²) in [6, 6.07) is 7.36. The van der Waals surface area contributed by atoms with E-state index in [2.05, 4.69) is 24.9 Å². The van der Waals surface area contributed by atoms with Gasteiger partial charge in [-0.25, -0.2) is 15.0 Å². The monoisotopic (exact) mass is 378 g/mol. The summed E-state index contributed by atoms with van der Waals surface area (Å²) in [4.78, 5) is 45.8. The molecule has 28 heavy (non-hydrogen) atoms. The molecule has 0 bridgehead atoms. The maximum absolute atomic E-state index is 12.7. The molecule has 1 saturated heterocycles. The van der Waals surface area contributed by atoms with Gasteiger partial charge in [0.15, 0.2) is 5.82 Å². The fourth-order valence-electron chi connectivity index (χ4n) is 3.02. The van der Waals surface area contributed by atoms with Crippen molar-refractivity contribution in [2.45, 2.75) is 18.9 Å². The van der Waals surface area contributed by atoms with Crippen LogP contribution in [0.3, 0.4) is 0 Å². The highest BCUT2D eigenvalue weighted by atomic mass is 16.5. The van der Waals surface area contributed by atoms with Crippen LogP contribution in [0.1, 0.15) is 23.2 Å². The predicted octanol–water partition coefficient (Wildman–Crippen LogP) is 1.31. The molecular weight excluding hydrogens is 360 g/mol. The number of piperidine rings is 1. The summed E-state index contributed by atoms with van der Waals surface area (Å²) in [5, 5.41) is 0. The van der Waals surface area contributed by atoms with Gasteiger partial charge in [0.2, 0.25) is 0 Å². The summed E-state index contributed by atoms with van der Waals surface area (Å²) in [6.45, 7) is 0.968. The molecule has 9 heteroatoms. The molecular formula is C19H18N6O3. The Kier molecular flexibility index (Phi) is 5.05. The lowest BCUT2D eigenvalue weighted by Crippen LogP contribution is -2.43. The van der Waals surface area contributed by atoms with E-state index in [1.807, 2.05) is 0 Å². The zero-order chi connectivity index (χ0) is 19.3.